The first-order valence-electron chi connectivity index (χ1n) is 9.46. The molecule has 1 aliphatic carbocycles. The van der Waals surface area contributed by atoms with E-state index in [0.717, 1.165) is 42.7 Å². The van der Waals surface area contributed by atoms with Crippen LogP contribution in [0.15, 0.2) is 48.9 Å². The fourth-order valence-electron chi connectivity index (χ4n) is 4.89. The van der Waals surface area contributed by atoms with Gasteiger partial charge in [0.1, 0.15) is 0 Å². The highest BCUT2D eigenvalue weighted by Gasteiger charge is 2.42. The zero-order valence-corrected chi connectivity index (χ0v) is 15.0. The van der Waals surface area contributed by atoms with Crippen LogP contribution in [-0.2, 0) is 0 Å². The van der Waals surface area contributed by atoms with Gasteiger partial charge < -0.3 is 14.6 Å². The molecular formula is C21H24N4O. The van der Waals surface area contributed by atoms with Gasteiger partial charge in [0.2, 0.25) is 0 Å². The summed E-state index contributed by atoms with van der Waals surface area (Å²) in [5.41, 5.74) is 4.43. The molecule has 134 valence electrons. The molecule has 0 amide bonds. The lowest BCUT2D eigenvalue weighted by Crippen LogP contribution is -2.36. The summed E-state index contributed by atoms with van der Waals surface area (Å²) in [6.07, 6.45) is 5.35. The molecule has 0 spiro atoms. The van der Waals surface area contributed by atoms with E-state index in [9.17, 15) is 5.11 Å². The third-order valence-corrected chi connectivity index (χ3v) is 6.19. The summed E-state index contributed by atoms with van der Waals surface area (Å²) in [7, 11) is 0. The first-order valence-corrected chi connectivity index (χ1v) is 9.46. The number of aromatic nitrogens is 3. The van der Waals surface area contributed by atoms with Crippen LogP contribution in [0, 0.1) is 18.8 Å². The first-order chi connectivity index (χ1) is 12.7. The van der Waals surface area contributed by atoms with Gasteiger partial charge in [0.15, 0.2) is 0 Å². The SMILES string of the molecule is Cc1cc(N2C[C@H]3C[C@@H](n4cnc5ccccc54)[C@H](O)C[C@H]3C2)ccn1. The van der Waals surface area contributed by atoms with Crippen molar-refractivity contribution in [3.05, 3.63) is 54.6 Å². The van der Waals surface area contributed by atoms with Crippen molar-refractivity contribution in [3.63, 3.8) is 0 Å². The second-order valence-electron chi connectivity index (χ2n) is 7.83. The molecule has 2 aromatic heterocycles. The van der Waals surface area contributed by atoms with Gasteiger partial charge >= 0.3 is 0 Å². The Morgan fingerprint density at radius 3 is 2.69 bits per heavy atom. The third kappa shape index (κ3) is 2.58. The van der Waals surface area contributed by atoms with Gasteiger partial charge in [-0.15, -0.1) is 0 Å². The number of aliphatic hydroxyl groups is 1. The van der Waals surface area contributed by atoms with Crippen molar-refractivity contribution in [3.8, 4) is 0 Å². The summed E-state index contributed by atoms with van der Waals surface area (Å²) in [5, 5.41) is 10.9. The number of benzene rings is 1. The molecule has 0 bridgehead atoms. The molecule has 2 fully saturated rings. The minimum Gasteiger partial charge on any atom is -0.391 e. The lowest BCUT2D eigenvalue weighted by atomic mass is 9.77. The first kappa shape index (κ1) is 15.8. The number of rotatable bonds is 2. The van der Waals surface area contributed by atoms with Gasteiger partial charge in [0.25, 0.3) is 0 Å². The van der Waals surface area contributed by atoms with E-state index in [1.54, 1.807) is 0 Å². The average molecular weight is 348 g/mol. The summed E-state index contributed by atoms with van der Waals surface area (Å²) in [4.78, 5) is 11.3. The van der Waals surface area contributed by atoms with Crippen molar-refractivity contribution in [2.24, 2.45) is 11.8 Å². The standard InChI is InChI=1S/C21H24N4O/c1-14-8-17(6-7-22-14)24-11-15-9-20(21(26)10-16(15)12-24)25-13-23-18-4-2-3-5-19(18)25/h2-8,13,15-16,20-21,26H,9-12H2,1H3/t15-,16+,20-,21-/m1/s1. The summed E-state index contributed by atoms with van der Waals surface area (Å²) in [6.45, 7) is 4.13. The minimum atomic E-state index is -0.312. The van der Waals surface area contributed by atoms with Crippen LogP contribution in [0.1, 0.15) is 24.6 Å². The Hall–Kier alpha value is -2.40. The summed E-state index contributed by atoms with van der Waals surface area (Å²) >= 11 is 0. The van der Waals surface area contributed by atoms with Crippen LogP contribution in [-0.4, -0.2) is 38.8 Å². The Morgan fingerprint density at radius 1 is 1.04 bits per heavy atom. The van der Waals surface area contributed by atoms with Crippen LogP contribution in [0.5, 0.6) is 0 Å². The Bertz CT molecular complexity index is 936. The topological polar surface area (TPSA) is 54.2 Å². The number of aliphatic hydroxyl groups excluding tert-OH is 1. The molecule has 0 unspecified atom stereocenters. The zero-order valence-electron chi connectivity index (χ0n) is 15.0. The summed E-state index contributed by atoms with van der Waals surface area (Å²) < 4.78 is 2.19. The summed E-state index contributed by atoms with van der Waals surface area (Å²) in [6, 6.07) is 12.6. The maximum atomic E-state index is 10.9. The molecule has 5 heteroatoms. The number of hydrogen-bond donors (Lipinski definition) is 1. The lowest BCUT2D eigenvalue weighted by molar-refractivity contribution is 0.0375. The van der Waals surface area contributed by atoms with Crippen molar-refractivity contribution in [2.75, 3.05) is 18.0 Å². The van der Waals surface area contributed by atoms with Crippen molar-refractivity contribution in [2.45, 2.75) is 31.9 Å². The normalized spacial score (nSPS) is 28.5. The van der Waals surface area contributed by atoms with Crippen molar-refractivity contribution < 1.29 is 5.11 Å². The average Bonchev–Trinajstić information content (AvgIpc) is 3.24. The number of para-hydroxylation sites is 2. The van der Waals surface area contributed by atoms with E-state index < -0.39 is 0 Å². The number of hydrogen-bond acceptors (Lipinski definition) is 4. The third-order valence-electron chi connectivity index (χ3n) is 6.19. The van der Waals surface area contributed by atoms with E-state index in [4.69, 9.17) is 0 Å². The van der Waals surface area contributed by atoms with E-state index in [0.29, 0.717) is 11.8 Å². The Kier molecular flexibility index (Phi) is 3.71. The van der Waals surface area contributed by atoms with Crippen LogP contribution in [0.25, 0.3) is 11.0 Å². The quantitative estimate of drug-likeness (QED) is 0.773. The smallest absolute Gasteiger partial charge is 0.0961 e. The molecule has 1 aliphatic heterocycles. The molecule has 5 rings (SSSR count). The maximum absolute atomic E-state index is 10.9. The van der Waals surface area contributed by atoms with Gasteiger partial charge in [-0.2, -0.15) is 0 Å². The van der Waals surface area contributed by atoms with Gasteiger partial charge in [0, 0.05) is 30.7 Å². The van der Waals surface area contributed by atoms with E-state index in [1.807, 2.05) is 37.6 Å². The van der Waals surface area contributed by atoms with Gasteiger partial charge in [-0.3, -0.25) is 4.98 Å². The molecule has 26 heavy (non-hydrogen) atoms. The molecule has 5 nitrogen and oxygen atoms in total. The highest BCUT2D eigenvalue weighted by Crippen LogP contribution is 2.43. The van der Waals surface area contributed by atoms with Crippen LogP contribution >= 0.6 is 0 Å². The Morgan fingerprint density at radius 2 is 1.85 bits per heavy atom. The second-order valence-corrected chi connectivity index (χ2v) is 7.83. The van der Waals surface area contributed by atoms with E-state index in [1.165, 1.54) is 5.69 Å². The predicted molar refractivity (Wildman–Crippen MR) is 102 cm³/mol. The Labute approximate surface area is 153 Å². The van der Waals surface area contributed by atoms with Crippen LogP contribution < -0.4 is 4.90 Å². The highest BCUT2D eigenvalue weighted by molar-refractivity contribution is 5.75. The van der Waals surface area contributed by atoms with E-state index in [2.05, 4.69) is 37.6 Å². The van der Waals surface area contributed by atoms with E-state index in [-0.39, 0.29) is 12.1 Å². The molecule has 2 aliphatic rings. The Balaban J connectivity index is 1.40. The molecule has 4 atom stereocenters. The fraction of sp³-hybridized carbons (Fsp3) is 0.429. The van der Waals surface area contributed by atoms with Crippen LogP contribution in [0.2, 0.25) is 0 Å². The monoisotopic (exact) mass is 348 g/mol. The van der Waals surface area contributed by atoms with Gasteiger partial charge in [-0.05, 0) is 55.9 Å². The maximum Gasteiger partial charge on any atom is 0.0961 e. The second kappa shape index (κ2) is 6.09. The summed E-state index contributed by atoms with van der Waals surface area (Å²) in [5.74, 6) is 1.17. The number of aryl methyl sites for hydroxylation is 1. The molecule has 3 heterocycles. The molecule has 1 N–H and O–H groups in total. The molecular weight excluding hydrogens is 324 g/mol. The number of imidazole rings is 1. The lowest BCUT2D eigenvalue weighted by Gasteiger charge is -2.36. The van der Waals surface area contributed by atoms with Crippen LogP contribution in [0.4, 0.5) is 5.69 Å². The molecule has 0 radical (unpaired) electrons. The van der Waals surface area contributed by atoms with Gasteiger partial charge in [-0.25, -0.2) is 4.98 Å². The number of anilines is 1. The van der Waals surface area contributed by atoms with Gasteiger partial charge in [0.05, 0.1) is 29.5 Å². The minimum absolute atomic E-state index is 0.114. The molecule has 1 saturated carbocycles. The largest absolute Gasteiger partial charge is 0.391 e. The predicted octanol–water partition coefficient (Wildman–Crippen LogP) is 3.19. The zero-order chi connectivity index (χ0) is 17.7. The highest BCUT2D eigenvalue weighted by atomic mass is 16.3. The van der Waals surface area contributed by atoms with Crippen molar-refractivity contribution in [1.29, 1.82) is 0 Å². The fourth-order valence-corrected chi connectivity index (χ4v) is 4.89. The van der Waals surface area contributed by atoms with E-state index >= 15 is 0 Å². The number of nitrogens with zero attached hydrogens (tertiary/aromatic N) is 4. The van der Waals surface area contributed by atoms with Crippen molar-refractivity contribution in [1.82, 2.24) is 14.5 Å². The molecule has 3 aromatic rings. The van der Waals surface area contributed by atoms with Crippen LogP contribution in [0.3, 0.4) is 0 Å². The van der Waals surface area contributed by atoms with Gasteiger partial charge in [-0.1, -0.05) is 12.1 Å². The molecule has 1 aromatic carbocycles. The number of fused-ring (bicyclic) bond motifs is 2. The molecule has 1 saturated heterocycles. The van der Waals surface area contributed by atoms with Crippen molar-refractivity contribution >= 4 is 16.7 Å². The number of pyridine rings is 1.